The Labute approximate surface area is 130 Å². The lowest BCUT2D eigenvalue weighted by atomic mass is 9.83. The number of para-hydroxylation sites is 1. The summed E-state index contributed by atoms with van der Waals surface area (Å²) in [6.07, 6.45) is 1.62. The number of fused-ring (bicyclic) bond motifs is 1. The second-order valence-corrected chi connectivity index (χ2v) is 5.65. The van der Waals surface area contributed by atoms with Crippen molar-refractivity contribution in [2.45, 2.75) is 33.1 Å². The predicted octanol–water partition coefficient (Wildman–Crippen LogP) is 2.78. The molecule has 2 aromatic carbocycles. The number of rotatable bonds is 1. The van der Waals surface area contributed by atoms with Crippen LogP contribution < -0.4 is 15.8 Å². The summed E-state index contributed by atoms with van der Waals surface area (Å²) in [7, 11) is 1.92. The minimum Gasteiger partial charge on any atom is -0.504 e. The first-order valence-corrected chi connectivity index (χ1v) is 7.43. The van der Waals surface area contributed by atoms with E-state index in [0.29, 0.717) is 0 Å². The van der Waals surface area contributed by atoms with Crippen molar-refractivity contribution < 1.29 is 5.11 Å². The van der Waals surface area contributed by atoms with Crippen molar-refractivity contribution in [1.29, 1.82) is 0 Å². The summed E-state index contributed by atoms with van der Waals surface area (Å²) in [6, 6.07) is 8.00. The zero-order chi connectivity index (χ0) is 16.7. The largest absolute Gasteiger partial charge is 0.504 e. The molecule has 0 unspecified atom stereocenters. The summed E-state index contributed by atoms with van der Waals surface area (Å²) in [5, 5.41) is 9.53. The highest BCUT2D eigenvalue weighted by Crippen LogP contribution is 2.47. The van der Waals surface area contributed by atoms with Gasteiger partial charge in [0.2, 0.25) is 5.43 Å². The molecule has 0 aromatic heterocycles. The molecule has 0 fully saturated rings. The maximum Gasteiger partial charge on any atom is 0.268 e. The van der Waals surface area contributed by atoms with Crippen LogP contribution in [0.1, 0.15) is 38.8 Å². The van der Waals surface area contributed by atoms with Crippen molar-refractivity contribution in [3.05, 3.63) is 61.5 Å². The standard InChI is InChI=1S/C16H15NO3.C2H6/c1-16(2)10-6-4-5-7-11(10)17(3)12(16)8-9-13(18)15(20)14(9)19;1-2/h4-8,18H,1-3H3;1-2H3/b12-8+;. The highest BCUT2D eigenvalue weighted by molar-refractivity contribution is 5.77. The Morgan fingerprint density at radius 3 is 2.23 bits per heavy atom. The average molecular weight is 299 g/mol. The molecule has 0 radical (unpaired) electrons. The molecule has 0 aliphatic carbocycles. The number of hydrogen-bond donors (Lipinski definition) is 1. The summed E-state index contributed by atoms with van der Waals surface area (Å²) >= 11 is 0. The predicted molar refractivity (Wildman–Crippen MR) is 90.2 cm³/mol. The van der Waals surface area contributed by atoms with Gasteiger partial charge in [0.25, 0.3) is 5.43 Å². The molecule has 0 saturated heterocycles. The van der Waals surface area contributed by atoms with Gasteiger partial charge in [-0.1, -0.05) is 45.9 Å². The third-order valence-electron chi connectivity index (χ3n) is 4.14. The van der Waals surface area contributed by atoms with Gasteiger partial charge in [-0.2, -0.15) is 0 Å². The van der Waals surface area contributed by atoms with Crippen LogP contribution in [-0.4, -0.2) is 12.2 Å². The first-order chi connectivity index (χ1) is 10.4. The van der Waals surface area contributed by atoms with E-state index >= 15 is 0 Å². The van der Waals surface area contributed by atoms with Crippen molar-refractivity contribution in [3.8, 4) is 5.75 Å². The van der Waals surface area contributed by atoms with Gasteiger partial charge >= 0.3 is 0 Å². The van der Waals surface area contributed by atoms with E-state index < -0.39 is 16.6 Å². The second kappa shape index (κ2) is 5.44. The van der Waals surface area contributed by atoms with Crippen molar-refractivity contribution in [2.75, 3.05) is 11.9 Å². The van der Waals surface area contributed by atoms with E-state index in [1.165, 1.54) is 0 Å². The normalized spacial score (nSPS) is 17.3. The number of anilines is 1. The molecule has 0 amide bonds. The molecule has 2 aromatic rings. The van der Waals surface area contributed by atoms with Gasteiger partial charge in [-0.05, 0) is 17.7 Å². The molecule has 3 rings (SSSR count). The molecule has 1 heterocycles. The molecular weight excluding hydrogens is 278 g/mol. The van der Waals surface area contributed by atoms with E-state index in [9.17, 15) is 14.7 Å². The van der Waals surface area contributed by atoms with Crippen LogP contribution in [0.25, 0.3) is 6.08 Å². The van der Waals surface area contributed by atoms with Crippen LogP contribution in [0.2, 0.25) is 0 Å². The highest BCUT2D eigenvalue weighted by Gasteiger charge is 2.38. The fraction of sp³-hybridized carbons (Fsp3) is 0.333. The number of aromatic hydroxyl groups is 1. The van der Waals surface area contributed by atoms with E-state index in [-0.39, 0.29) is 11.0 Å². The molecule has 116 valence electrons. The first-order valence-electron chi connectivity index (χ1n) is 7.43. The molecule has 4 heteroatoms. The van der Waals surface area contributed by atoms with E-state index in [1.54, 1.807) is 6.08 Å². The smallest absolute Gasteiger partial charge is 0.268 e. The molecule has 1 aliphatic heterocycles. The Bertz CT molecular complexity index is 808. The zero-order valence-electron chi connectivity index (χ0n) is 13.6. The average Bonchev–Trinajstić information content (AvgIpc) is 2.74. The Morgan fingerprint density at radius 1 is 1.09 bits per heavy atom. The van der Waals surface area contributed by atoms with Crippen molar-refractivity contribution in [1.82, 2.24) is 0 Å². The second-order valence-electron chi connectivity index (χ2n) is 5.65. The monoisotopic (exact) mass is 299 g/mol. The Morgan fingerprint density at radius 2 is 1.68 bits per heavy atom. The third kappa shape index (κ3) is 2.06. The summed E-state index contributed by atoms with van der Waals surface area (Å²) in [5.74, 6) is -0.428. The van der Waals surface area contributed by atoms with Crippen LogP contribution in [0.4, 0.5) is 5.69 Å². The maximum atomic E-state index is 11.5. The number of benzene rings is 1. The van der Waals surface area contributed by atoms with E-state index in [4.69, 9.17) is 0 Å². The topological polar surface area (TPSA) is 57.6 Å². The van der Waals surface area contributed by atoms with Crippen LogP contribution >= 0.6 is 0 Å². The van der Waals surface area contributed by atoms with Gasteiger partial charge < -0.3 is 10.0 Å². The highest BCUT2D eigenvalue weighted by atomic mass is 16.3. The van der Waals surface area contributed by atoms with Gasteiger partial charge in [0, 0.05) is 23.8 Å². The van der Waals surface area contributed by atoms with Gasteiger partial charge in [-0.25, -0.2) is 0 Å². The van der Waals surface area contributed by atoms with Crippen LogP contribution in [0.3, 0.4) is 0 Å². The zero-order valence-corrected chi connectivity index (χ0v) is 13.6. The molecule has 4 nitrogen and oxygen atoms in total. The van der Waals surface area contributed by atoms with Crippen molar-refractivity contribution in [2.24, 2.45) is 0 Å². The van der Waals surface area contributed by atoms with Gasteiger partial charge in [-0.15, -0.1) is 0 Å². The SMILES string of the molecule is CC.CN1/C(=C/c2c(O)c(=O)c2=O)C(C)(C)c2ccccc21. The summed E-state index contributed by atoms with van der Waals surface area (Å²) in [4.78, 5) is 24.6. The van der Waals surface area contributed by atoms with Crippen LogP contribution in [0.15, 0.2) is 39.6 Å². The molecule has 1 aliphatic rings. The molecule has 0 saturated carbocycles. The summed E-state index contributed by atoms with van der Waals surface area (Å²) in [5.41, 5.74) is 1.54. The first kappa shape index (κ1) is 16.0. The fourth-order valence-electron chi connectivity index (χ4n) is 2.93. The Hall–Kier alpha value is -2.36. The van der Waals surface area contributed by atoms with Gasteiger partial charge in [0.1, 0.15) is 0 Å². The minimum absolute atomic E-state index is 0.109. The minimum atomic E-state index is -0.798. The van der Waals surface area contributed by atoms with Gasteiger partial charge in [0.05, 0.1) is 5.56 Å². The molecule has 1 N–H and O–H groups in total. The molecule has 0 spiro atoms. The van der Waals surface area contributed by atoms with Crippen molar-refractivity contribution in [3.63, 3.8) is 0 Å². The Kier molecular flexibility index (Phi) is 3.96. The van der Waals surface area contributed by atoms with E-state index in [1.807, 2.05) is 44.0 Å². The van der Waals surface area contributed by atoms with Crippen LogP contribution in [0.5, 0.6) is 5.75 Å². The summed E-state index contributed by atoms with van der Waals surface area (Å²) < 4.78 is 0. The number of nitrogens with zero attached hydrogens (tertiary/aromatic N) is 1. The van der Waals surface area contributed by atoms with Crippen LogP contribution in [0, 0.1) is 0 Å². The van der Waals surface area contributed by atoms with Gasteiger partial charge in [-0.3, -0.25) is 9.59 Å². The van der Waals surface area contributed by atoms with Crippen molar-refractivity contribution >= 4 is 11.8 Å². The lowest BCUT2D eigenvalue weighted by Crippen LogP contribution is -2.33. The molecule has 22 heavy (non-hydrogen) atoms. The van der Waals surface area contributed by atoms with E-state index in [0.717, 1.165) is 16.9 Å². The lowest BCUT2D eigenvalue weighted by Gasteiger charge is -2.24. The van der Waals surface area contributed by atoms with Crippen LogP contribution in [-0.2, 0) is 5.41 Å². The van der Waals surface area contributed by atoms with E-state index in [2.05, 4.69) is 19.9 Å². The molecule has 0 bridgehead atoms. The number of likely N-dealkylation sites (N-methyl/N-ethyl adjacent to an activating group) is 1. The lowest BCUT2D eigenvalue weighted by molar-refractivity contribution is 0.461. The Balaban J connectivity index is 0.000000847. The third-order valence-corrected chi connectivity index (χ3v) is 4.14. The molecule has 0 atom stereocenters. The maximum absolute atomic E-state index is 11.5. The molecular formula is C18H21NO3. The van der Waals surface area contributed by atoms with Gasteiger partial charge in [0.15, 0.2) is 5.75 Å². The quantitative estimate of drug-likeness (QED) is 0.823. The summed E-state index contributed by atoms with van der Waals surface area (Å²) in [6.45, 7) is 8.12. The fourth-order valence-corrected chi connectivity index (χ4v) is 2.93. The number of allylic oxidation sites excluding steroid dienone is 1. The number of hydrogen-bond acceptors (Lipinski definition) is 4.